The van der Waals surface area contributed by atoms with E-state index < -0.39 is 5.79 Å². The lowest BCUT2D eigenvalue weighted by molar-refractivity contribution is -0.151. The molecule has 1 rings (SSSR count). The highest BCUT2D eigenvalue weighted by molar-refractivity contribution is 5.51. The highest BCUT2D eigenvalue weighted by Gasteiger charge is 2.30. The Morgan fingerprint density at radius 1 is 1.38 bits per heavy atom. The lowest BCUT2D eigenvalue weighted by Crippen LogP contribution is -2.27. The molecule has 0 aromatic carbocycles. The molecule has 0 amide bonds. The van der Waals surface area contributed by atoms with Crippen LogP contribution in [0.3, 0.4) is 0 Å². The van der Waals surface area contributed by atoms with E-state index in [0.29, 0.717) is 13.2 Å². The van der Waals surface area contributed by atoms with E-state index in [9.17, 15) is 5.11 Å². The molecule has 1 fully saturated rings. The van der Waals surface area contributed by atoms with Gasteiger partial charge in [0.05, 0.1) is 19.3 Å². The highest BCUT2D eigenvalue weighted by Crippen LogP contribution is 2.24. The van der Waals surface area contributed by atoms with Gasteiger partial charge in [0.25, 0.3) is 0 Å². The van der Waals surface area contributed by atoms with E-state index in [4.69, 9.17) is 14.9 Å². The molecule has 0 radical (unpaired) electrons. The van der Waals surface area contributed by atoms with Crippen LogP contribution in [-0.2, 0) is 9.47 Å². The van der Waals surface area contributed by atoms with Crippen molar-refractivity contribution in [1.82, 2.24) is 0 Å². The third-order valence-corrected chi connectivity index (χ3v) is 2.51. The van der Waals surface area contributed by atoms with Crippen LogP contribution in [0.25, 0.3) is 0 Å². The number of hydrogen-bond acceptors (Lipinski definition) is 4. The number of aliphatic hydroxyl groups excluding tert-OH is 1. The van der Waals surface area contributed by atoms with Crippen LogP contribution in [0.15, 0.2) is 0 Å². The van der Waals surface area contributed by atoms with Gasteiger partial charge < -0.3 is 20.0 Å². The second-order valence-electron chi connectivity index (χ2n) is 4.04. The molecule has 1 saturated heterocycles. The first-order valence-corrected chi connectivity index (χ1v) is 6.02. The Balaban J connectivity index is 0.000000487. The van der Waals surface area contributed by atoms with Crippen molar-refractivity contribution >= 4 is 6.21 Å². The molecule has 0 aromatic heterocycles. The largest absolute Gasteiger partial charge is 0.393 e. The zero-order valence-electron chi connectivity index (χ0n) is 10.7. The molecule has 0 aromatic rings. The summed E-state index contributed by atoms with van der Waals surface area (Å²) in [6.45, 7) is 7.20. The van der Waals surface area contributed by atoms with E-state index in [1.807, 2.05) is 20.8 Å². The van der Waals surface area contributed by atoms with Crippen molar-refractivity contribution in [1.29, 1.82) is 5.41 Å². The van der Waals surface area contributed by atoms with Gasteiger partial charge >= 0.3 is 0 Å². The monoisotopic (exact) mass is 231 g/mol. The van der Waals surface area contributed by atoms with Gasteiger partial charge in [-0.25, -0.2) is 0 Å². The quantitative estimate of drug-likeness (QED) is 0.714. The van der Waals surface area contributed by atoms with Gasteiger partial charge in [0.15, 0.2) is 5.79 Å². The SMILES string of the molecule is CCC(O)CCC1(C)OCCO1.CCC=N. The molecule has 0 aliphatic carbocycles. The fourth-order valence-electron chi connectivity index (χ4n) is 1.33. The van der Waals surface area contributed by atoms with Crippen molar-refractivity contribution in [2.75, 3.05) is 13.2 Å². The van der Waals surface area contributed by atoms with Gasteiger partial charge in [0.2, 0.25) is 0 Å². The van der Waals surface area contributed by atoms with E-state index in [1.165, 1.54) is 6.21 Å². The van der Waals surface area contributed by atoms with Crippen molar-refractivity contribution in [3.63, 3.8) is 0 Å². The van der Waals surface area contributed by atoms with E-state index in [2.05, 4.69) is 0 Å². The minimum Gasteiger partial charge on any atom is -0.393 e. The summed E-state index contributed by atoms with van der Waals surface area (Å²) < 4.78 is 10.8. The lowest BCUT2D eigenvalue weighted by Gasteiger charge is -2.23. The maximum absolute atomic E-state index is 9.32. The van der Waals surface area contributed by atoms with Gasteiger partial charge in [-0.05, 0) is 32.4 Å². The molecule has 2 N–H and O–H groups in total. The molecule has 0 spiro atoms. The molecule has 1 unspecified atom stereocenters. The van der Waals surface area contributed by atoms with Crippen LogP contribution in [-0.4, -0.2) is 36.4 Å². The Kier molecular flexibility index (Phi) is 8.43. The van der Waals surface area contributed by atoms with Crippen LogP contribution in [0.2, 0.25) is 0 Å². The summed E-state index contributed by atoms with van der Waals surface area (Å²) in [5.41, 5.74) is 0. The van der Waals surface area contributed by atoms with E-state index in [1.54, 1.807) is 0 Å². The van der Waals surface area contributed by atoms with Gasteiger partial charge in [-0.15, -0.1) is 0 Å². The van der Waals surface area contributed by atoms with Crippen LogP contribution in [0.4, 0.5) is 0 Å². The van der Waals surface area contributed by atoms with Crippen molar-refractivity contribution in [2.45, 2.75) is 58.3 Å². The summed E-state index contributed by atoms with van der Waals surface area (Å²) in [4.78, 5) is 0. The Labute approximate surface area is 98.5 Å². The summed E-state index contributed by atoms with van der Waals surface area (Å²) in [5.74, 6) is -0.434. The van der Waals surface area contributed by atoms with Gasteiger partial charge in [0, 0.05) is 6.42 Å². The predicted molar refractivity (Wildman–Crippen MR) is 64.9 cm³/mol. The minimum absolute atomic E-state index is 0.213. The molecule has 4 heteroatoms. The van der Waals surface area contributed by atoms with Crippen LogP contribution in [0, 0.1) is 5.41 Å². The summed E-state index contributed by atoms with van der Waals surface area (Å²) in [6, 6.07) is 0. The molecule has 0 saturated carbocycles. The van der Waals surface area contributed by atoms with Gasteiger partial charge in [-0.2, -0.15) is 0 Å². The first kappa shape index (κ1) is 15.6. The molecule has 16 heavy (non-hydrogen) atoms. The van der Waals surface area contributed by atoms with Crippen molar-refractivity contribution in [3.05, 3.63) is 0 Å². The fourth-order valence-corrected chi connectivity index (χ4v) is 1.33. The molecule has 1 heterocycles. The van der Waals surface area contributed by atoms with Crippen molar-refractivity contribution < 1.29 is 14.6 Å². The maximum atomic E-state index is 9.32. The number of ether oxygens (including phenoxy) is 2. The average Bonchev–Trinajstić information content (AvgIpc) is 2.74. The molecule has 96 valence electrons. The standard InChI is InChI=1S/C9H18O3.C3H7N/c1-3-8(10)4-5-9(2)11-6-7-12-9;1-2-3-4/h8,10H,3-7H2,1-2H3;3-4H,2H2,1H3. The first-order chi connectivity index (χ1) is 7.58. The normalized spacial score (nSPS) is 19.8. The van der Waals surface area contributed by atoms with Crippen LogP contribution >= 0.6 is 0 Å². The number of aliphatic hydroxyl groups is 1. The summed E-state index contributed by atoms with van der Waals surface area (Å²) in [6.07, 6.45) is 4.36. The number of nitrogens with one attached hydrogen (secondary N) is 1. The van der Waals surface area contributed by atoms with Gasteiger partial charge in [-0.3, -0.25) is 0 Å². The van der Waals surface area contributed by atoms with Crippen LogP contribution in [0.1, 0.15) is 46.5 Å². The Morgan fingerprint density at radius 3 is 2.25 bits per heavy atom. The lowest BCUT2D eigenvalue weighted by atomic mass is 10.1. The minimum atomic E-state index is -0.434. The second-order valence-corrected chi connectivity index (χ2v) is 4.04. The number of rotatable bonds is 5. The topological polar surface area (TPSA) is 62.5 Å². The van der Waals surface area contributed by atoms with E-state index in [-0.39, 0.29) is 6.10 Å². The van der Waals surface area contributed by atoms with Crippen LogP contribution in [0.5, 0.6) is 0 Å². The van der Waals surface area contributed by atoms with Gasteiger partial charge in [0.1, 0.15) is 0 Å². The number of hydrogen-bond donors (Lipinski definition) is 2. The van der Waals surface area contributed by atoms with Crippen LogP contribution < -0.4 is 0 Å². The zero-order chi connectivity index (χ0) is 12.4. The average molecular weight is 231 g/mol. The summed E-state index contributed by atoms with van der Waals surface area (Å²) in [7, 11) is 0. The third kappa shape index (κ3) is 6.93. The smallest absolute Gasteiger partial charge is 0.165 e. The Hall–Kier alpha value is -0.450. The fraction of sp³-hybridized carbons (Fsp3) is 0.917. The van der Waals surface area contributed by atoms with E-state index in [0.717, 1.165) is 25.7 Å². The molecular formula is C12H25NO3. The highest BCUT2D eigenvalue weighted by atomic mass is 16.7. The molecule has 1 atom stereocenters. The summed E-state index contributed by atoms with van der Waals surface area (Å²) in [5, 5.41) is 15.6. The Morgan fingerprint density at radius 2 is 1.88 bits per heavy atom. The third-order valence-electron chi connectivity index (χ3n) is 2.51. The second kappa shape index (κ2) is 8.67. The van der Waals surface area contributed by atoms with Crippen molar-refractivity contribution in [3.8, 4) is 0 Å². The molecule has 4 nitrogen and oxygen atoms in total. The molecule has 1 aliphatic rings. The molecular weight excluding hydrogens is 206 g/mol. The maximum Gasteiger partial charge on any atom is 0.165 e. The first-order valence-electron chi connectivity index (χ1n) is 6.02. The predicted octanol–water partition coefficient (Wildman–Crippen LogP) is 2.35. The Bertz CT molecular complexity index is 179. The van der Waals surface area contributed by atoms with E-state index >= 15 is 0 Å². The van der Waals surface area contributed by atoms with Gasteiger partial charge in [-0.1, -0.05) is 13.8 Å². The molecule has 1 aliphatic heterocycles. The van der Waals surface area contributed by atoms with Crippen molar-refractivity contribution in [2.24, 2.45) is 0 Å². The summed E-state index contributed by atoms with van der Waals surface area (Å²) >= 11 is 0. The zero-order valence-corrected chi connectivity index (χ0v) is 10.7. The molecule has 0 bridgehead atoms.